The molecule has 0 fully saturated rings. The second-order valence-electron chi connectivity index (χ2n) is 6.02. The fraction of sp³-hybridized carbons (Fsp3) is 0.389. The van der Waals surface area contributed by atoms with Crippen LogP contribution in [0.15, 0.2) is 6.07 Å². The van der Waals surface area contributed by atoms with E-state index >= 15 is 0 Å². The monoisotopic (exact) mass is 393 g/mol. The molecule has 0 radical (unpaired) electrons. The number of nitrogens with one attached hydrogen (secondary N) is 1. The molecule has 0 saturated heterocycles. The minimum absolute atomic E-state index is 0.337. The Labute approximate surface area is 159 Å². The highest BCUT2D eigenvalue weighted by Gasteiger charge is 2.23. The van der Waals surface area contributed by atoms with Gasteiger partial charge in [0.25, 0.3) is 5.91 Å². The lowest BCUT2D eigenvalue weighted by molar-refractivity contribution is -0.119. The second kappa shape index (κ2) is 7.59. The Hall–Kier alpha value is -2.19. The van der Waals surface area contributed by atoms with Crippen molar-refractivity contribution in [1.29, 1.82) is 0 Å². The molecule has 1 aliphatic carbocycles. The number of hydrogen-bond acceptors (Lipinski definition) is 7. The topological polar surface area (TPSA) is 81.7 Å². The Kier molecular flexibility index (Phi) is 5.43. The third-order valence-corrected chi connectivity index (χ3v) is 6.65. The van der Waals surface area contributed by atoms with Crippen molar-refractivity contribution >= 4 is 45.5 Å². The molecule has 0 bridgehead atoms. The molecule has 0 spiro atoms. The van der Waals surface area contributed by atoms with Crippen LogP contribution >= 0.6 is 22.7 Å². The summed E-state index contributed by atoms with van der Waals surface area (Å²) in [6, 6.07) is 1.86. The molecular formula is C18H19NO5S2. The fourth-order valence-corrected chi connectivity index (χ4v) is 5.07. The molecule has 2 aromatic rings. The van der Waals surface area contributed by atoms with Crippen LogP contribution < -0.4 is 5.32 Å². The number of carbonyl (C=O) groups is 3. The summed E-state index contributed by atoms with van der Waals surface area (Å²) < 4.78 is 9.88. The van der Waals surface area contributed by atoms with Gasteiger partial charge in [-0.15, -0.1) is 22.7 Å². The number of amides is 1. The summed E-state index contributed by atoms with van der Waals surface area (Å²) in [6.07, 6.45) is 3.12. The van der Waals surface area contributed by atoms with E-state index in [0.717, 1.165) is 29.7 Å². The molecule has 0 aromatic carbocycles. The van der Waals surface area contributed by atoms with Gasteiger partial charge in [0.2, 0.25) is 0 Å². The van der Waals surface area contributed by atoms with Crippen LogP contribution in [0.3, 0.4) is 0 Å². The molecule has 26 heavy (non-hydrogen) atoms. The summed E-state index contributed by atoms with van der Waals surface area (Å²) in [7, 11) is 1.29. The van der Waals surface area contributed by atoms with Gasteiger partial charge < -0.3 is 14.8 Å². The molecule has 1 N–H and O–H groups in total. The zero-order valence-corrected chi connectivity index (χ0v) is 16.4. The van der Waals surface area contributed by atoms with Gasteiger partial charge in [0.15, 0.2) is 6.61 Å². The average Bonchev–Trinajstić information content (AvgIpc) is 3.27. The molecule has 0 unspecified atom stereocenters. The number of aryl methyl sites for hydroxylation is 3. The van der Waals surface area contributed by atoms with E-state index in [2.05, 4.69) is 5.32 Å². The number of carbonyl (C=O) groups excluding carboxylic acids is 3. The van der Waals surface area contributed by atoms with E-state index in [4.69, 9.17) is 9.47 Å². The lowest BCUT2D eigenvalue weighted by atomic mass is 10.1. The van der Waals surface area contributed by atoms with Crippen LogP contribution in [0.1, 0.15) is 47.3 Å². The summed E-state index contributed by atoms with van der Waals surface area (Å²) in [5, 5.41) is 3.04. The van der Waals surface area contributed by atoms with Crippen molar-refractivity contribution < 1.29 is 23.9 Å². The molecule has 0 atom stereocenters. The van der Waals surface area contributed by atoms with E-state index < -0.39 is 24.5 Å². The van der Waals surface area contributed by atoms with Gasteiger partial charge in [-0.1, -0.05) is 0 Å². The van der Waals surface area contributed by atoms with Gasteiger partial charge in [0.05, 0.1) is 12.7 Å². The van der Waals surface area contributed by atoms with Crippen LogP contribution in [0.4, 0.5) is 5.00 Å². The molecule has 1 aliphatic rings. The number of ether oxygens (including phenoxy) is 2. The van der Waals surface area contributed by atoms with Crippen molar-refractivity contribution in [3.63, 3.8) is 0 Å². The zero-order valence-electron chi connectivity index (χ0n) is 14.8. The highest BCUT2D eigenvalue weighted by atomic mass is 32.1. The number of fused-ring (bicyclic) bond motifs is 1. The predicted octanol–water partition coefficient (Wildman–Crippen LogP) is 3.50. The lowest BCUT2D eigenvalue weighted by Gasteiger charge is -2.06. The van der Waals surface area contributed by atoms with Crippen molar-refractivity contribution in [3.05, 3.63) is 37.4 Å². The maximum Gasteiger partial charge on any atom is 0.348 e. The Morgan fingerprint density at radius 1 is 1.15 bits per heavy atom. The summed E-state index contributed by atoms with van der Waals surface area (Å²) in [4.78, 5) is 38.8. The Morgan fingerprint density at radius 3 is 2.62 bits per heavy atom. The third-order valence-electron chi connectivity index (χ3n) is 4.31. The van der Waals surface area contributed by atoms with E-state index in [1.54, 1.807) is 6.92 Å². The Morgan fingerprint density at radius 2 is 1.92 bits per heavy atom. The number of rotatable bonds is 5. The van der Waals surface area contributed by atoms with Crippen molar-refractivity contribution in [1.82, 2.24) is 0 Å². The largest absolute Gasteiger partial charge is 0.465 e. The Balaban J connectivity index is 1.61. The van der Waals surface area contributed by atoms with Crippen LogP contribution in [0, 0.1) is 13.8 Å². The summed E-state index contributed by atoms with van der Waals surface area (Å²) in [5.74, 6) is -1.49. The smallest absolute Gasteiger partial charge is 0.348 e. The number of anilines is 1. The normalized spacial score (nSPS) is 12.6. The highest BCUT2D eigenvalue weighted by Crippen LogP contribution is 2.33. The van der Waals surface area contributed by atoms with Gasteiger partial charge in [0.1, 0.15) is 9.88 Å². The fourth-order valence-electron chi connectivity index (χ4n) is 2.86. The minimum atomic E-state index is -0.507. The standard InChI is InChI=1S/C18H19NO5S2/c1-9-10(2)25-16(15(9)18(22)23-3)19-14(20)8-24-17(21)13-7-11-5-4-6-12(11)26-13/h7H,4-6,8H2,1-3H3,(H,19,20). The molecule has 6 nitrogen and oxygen atoms in total. The maximum atomic E-state index is 12.1. The first-order chi connectivity index (χ1) is 12.4. The molecule has 3 rings (SSSR count). The highest BCUT2D eigenvalue weighted by molar-refractivity contribution is 7.16. The zero-order chi connectivity index (χ0) is 18.8. The predicted molar refractivity (Wildman–Crippen MR) is 100 cm³/mol. The quantitative estimate of drug-likeness (QED) is 0.787. The molecule has 2 heterocycles. The van der Waals surface area contributed by atoms with E-state index in [1.807, 2.05) is 13.0 Å². The number of hydrogen-bond donors (Lipinski definition) is 1. The third kappa shape index (κ3) is 3.66. The number of methoxy groups -OCH3 is 1. The van der Waals surface area contributed by atoms with E-state index in [-0.39, 0.29) is 0 Å². The summed E-state index contributed by atoms with van der Waals surface area (Å²) in [6.45, 7) is 3.25. The first kappa shape index (κ1) is 18.6. The van der Waals surface area contributed by atoms with Crippen molar-refractivity contribution in [3.8, 4) is 0 Å². The van der Waals surface area contributed by atoms with Gasteiger partial charge in [0, 0.05) is 9.75 Å². The molecule has 8 heteroatoms. The first-order valence-electron chi connectivity index (χ1n) is 8.17. The van der Waals surface area contributed by atoms with E-state index in [0.29, 0.717) is 15.4 Å². The Bertz CT molecular complexity index is 859. The molecule has 0 aliphatic heterocycles. The van der Waals surface area contributed by atoms with Crippen LogP contribution in [0.2, 0.25) is 0 Å². The maximum absolute atomic E-state index is 12.1. The van der Waals surface area contributed by atoms with Crippen molar-refractivity contribution in [2.45, 2.75) is 33.1 Å². The SMILES string of the molecule is COC(=O)c1c(NC(=O)COC(=O)c2cc3c(s2)CCC3)sc(C)c1C. The molecule has 138 valence electrons. The molecule has 2 aromatic heterocycles. The first-order valence-corrected chi connectivity index (χ1v) is 9.81. The minimum Gasteiger partial charge on any atom is -0.465 e. The van der Waals surface area contributed by atoms with Crippen LogP contribution in [0.25, 0.3) is 0 Å². The van der Waals surface area contributed by atoms with Crippen molar-refractivity contribution in [2.24, 2.45) is 0 Å². The summed E-state index contributed by atoms with van der Waals surface area (Å²) >= 11 is 2.72. The van der Waals surface area contributed by atoms with Crippen molar-refractivity contribution in [2.75, 3.05) is 19.0 Å². The van der Waals surface area contributed by atoms with E-state index in [9.17, 15) is 14.4 Å². The van der Waals surface area contributed by atoms with Gasteiger partial charge in [-0.05, 0) is 50.3 Å². The number of esters is 2. The average molecular weight is 393 g/mol. The molecule has 0 saturated carbocycles. The van der Waals surface area contributed by atoms with Crippen LogP contribution in [-0.2, 0) is 27.1 Å². The van der Waals surface area contributed by atoms with Gasteiger partial charge in [-0.2, -0.15) is 0 Å². The van der Waals surface area contributed by atoms with Crippen LogP contribution in [-0.4, -0.2) is 31.6 Å². The van der Waals surface area contributed by atoms with Gasteiger partial charge >= 0.3 is 11.9 Å². The lowest BCUT2D eigenvalue weighted by Crippen LogP contribution is -2.21. The van der Waals surface area contributed by atoms with Gasteiger partial charge in [-0.3, -0.25) is 4.79 Å². The molecular weight excluding hydrogens is 374 g/mol. The summed E-state index contributed by atoms with van der Waals surface area (Å²) in [5.41, 5.74) is 2.31. The second-order valence-corrected chi connectivity index (χ2v) is 8.38. The molecule has 1 amide bonds. The van der Waals surface area contributed by atoms with Crippen LogP contribution in [0.5, 0.6) is 0 Å². The van der Waals surface area contributed by atoms with Gasteiger partial charge in [-0.25, -0.2) is 9.59 Å². The number of thiophene rings is 2. The van der Waals surface area contributed by atoms with E-state index in [1.165, 1.54) is 40.2 Å².